The van der Waals surface area contributed by atoms with Gasteiger partial charge in [-0.3, -0.25) is 9.48 Å². The van der Waals surface area contributed by atoms with E-state index >= 15 is 0 Å². The molecule has 1 saturated heterocycles. The number of amides is 2. The molecule has 1 aromatic carbocycles. The van der Waals surface area contributed by atoms with Crippen LogP contribution in [0.2, 0.25) is 0 Å². The van der Waals surface area contributed by atoms with Crippen LogP contribution in [-0.2, 0) is 11.2 Å². The van der Waals surface area contributed by atoms with Gasteiger partial charge in [-0.25, -0.2) is 4.79 Å². The van der Waals surface area contributed by atoms with Gasteiger partial charge in [0.2, 0.25) is 5.91 Å². The van der Waals surface area contributed by atoms with Crippen LogP contribution >= 0.6 is 0 Å². The first-order chi connectivity index (χ1) is 13.4. The van der Waals surface area contributed by atoms with E-state index in [1.54, 1.807) is 6.92 Å². The van der Waals surface area contributed by atoms with Gasteiger partial charge in [-0.1, -0.05) is 6.07 Å². The Balaban J connectivity index is 1.54. The fourth-order valence-electron chi connectivity index (χ4n) is 4.42. The molecule has 4 rings (SSSR count). The summed E-state index contributed by atoms with van der Waals surface area (Å²) in [7, 11) is 0. The predicted octanol–water partition coefficient (Wildman–Crippen LogP) is 3.55. The van der Waals surface area contributed by atoms with Crippen LogP contribution in [0.3, 0.4) is 0 Å². The minimum Gasteiger partial charge on any atom is -0.465 e. The van der Waals surface area contributed by atoms with Crippen LogP contribution in [0.5, 0.6) is 0 Å². The van der Waals surface area contributed by atoms with E-state index in [1.165, 1.54) is 10.5 Å². The molecule has 1 unspecified atom stereocenters. The highest BCUT2D eigenvalue weighted by Crippen LogP contribution is 2.34. The van der Waals surface area contributed by atoms with Crippen LogP contribution in [0.1, 0.15) is 44.7 Å². The highest BCUT2D eigenvalue weighted by molar-refractivity contribution is 5.94. The van der Waals surface area contributed by atoms with E-state index in [1.807, 2.05) is 21.8 Å². The van der Waals surface area contributed by atoms with Crippen molar-refractivity contribution in [1.82, 2.24) is 14.7 Å². The van der Waals surface area contributed by atoms with Crippen molar-refractivity contribution in [3.05, 3.63) is 36.2 Å². The molecule has 28 heavy (non-hydrogen) atoms. The van der Waals surface area contributed by atoms with Gasteiger partial charge in [0, 0.05) is 43.5 Å². The highest BCUT2D eigenvalue weighted by atomic mass is 16.4. The molecule has 0 saturated carbocycles. The first-order valence-electron chi connectivity index (χ1n) is 9.89. The molecule has 1 fully saturated rings. The van der Waals surface area contributed by atoms with Gasteiger partial charge in [0.15, 0.2) is 0 Å². The number of carbonyl (C=O) groups excluding carboxylic acids is 1. The van der Waals surface area contributed by atoms with Gasteiger partial charge in [-0.05, 0) is 55.9 Å². The highest BCUT2D eigenvalue weighted by Gasteiger charge is 2.27. The molecule has 0 aliphatic carbocycles. The molecular weight excluding hydrogens is 356 g/mol. The average molecular weight is 382 g/mol. The Morgan fingerprint density at radius 1 is 1.14 bits per heavy atom. The maximum atomic E-state index is 12.0. The lowest BCUT2D eigenvalue weighted by atomic mass is 9.93. The third-order valence-electron chi connectivity index (χ3n) is 5.99. The van der Waals surface area contributed by atoms with Crippen LogP contribution in [-0.4, -0.2) is 50.9 Å². The molecule has 1 aromatic heterocycles. The molecule has 2 aliphatic rings. The molecule has 7 heteroatoms. The van der Waals surface area contributed by atoms with Gasteiger partial charge in [0.05, 0.1) is 12.2 Å². The predicted molar refractivity (Wildman–Crippen MR) is 106 cm³/mol. The number of fused-ring (bicyclic) bond motifs is 1. The van der Waals surface area contributed by atoms with E-state index in [-0.39, 0.29) is 18.0 Å². The van der Waals surface area contributed by atoms with Crippen molar-refractivity contribution in [2.45, 2.75) is 51.6 Å². The second kappa shape index (κ2) is 7.30. The van der Waals surface area contributed by atoms with Gasteiger partial charge < -0.3 is 14.9 Å². The van der Waals surface area contributed by atoms with Crippen molar-refractivity contribution in [3.8, 4) is 11.1 Å². The van der Waals surface area contributed by atoms with E-state index in [2.05, 4.69) is 30.4 Å². The normalized spacial score (nSPS) is 20.1. The van der Waals surface area contributed by atoms with E-state index in [4.69, 9.17) is 5.11 Å². The van der Waals surface area contributed by atoms with Gasteiger partial charge in [-0.2, -0.15) is 5.10 Å². The van der Waals surface area contributed by atoms with Gasteiger partial charge in [-0.15, -0.1) is 0 Å². The summed E-state index contributed by atoms with van der Waals surface area (Å²) >= 11 is 0. The van der Waals surface area contributed by atoms with E-state index in [0.29, 0.717) is 13.1 Å². The number of likely N-dealkylation sites (tertiary alicyclic amines) is 1. The molecule has 148 valence electrons. The molecule has 2 aromatic rings. The summed E-state index contributed by atoms with van der Waals surface area (Å²) in [6, 6.07) is 6.74. The molecule has 0 spiro atoms. The van der Waals surface area contributed by atoms with Crippen LogP contribution in [0, 0.1) is 0 Å². The molecule has 1 N–H and O–H groups in total. The smallest absolute Gasteiger partial charge is 0.407 e. The van der Waals surface area contributed by atoms with Crippen LogP contribution in [0.4, 0.5) is 10.5 Å². The Morgan fingerprint density at radius 3 is 2.57 bits per heavy atom. The number of aryl methyl sites for hydroxylation is 1. The molecular formula is C21H26N4O3. The van der Waals surface area contributed by atoms with Crippen molar-refractivity contribution in [2.24, 2.45) is 0 Å². The first-order valence-corrected chi connectivity index (χ1v) is 9.89. The quantitative estimate of drug-likeness (QED) is 0.861. The second-order valence-electron chi connectivity index (χ2n) is 7.83. The number of carboxylic acid groups (broad SMARTS) is 1. The third kappa shape index (κ3) is 3.37. The lowest BCUT2D eigenvalue weighted by Gasteiger charge is -2.34. The summed E-state index contributed by atoms with van der Waals surface area (Å²) in [5.41, 5.74) is 4.37. The zero-order chi connectivity index (χ0) is 19.8. The van der Waals surface area contributed by atoms with Crippen LogP contribution in [0.15, 0.2) is 30.6 Å². The third-order valence-corrected chi connectivity index (χ3v) is 5.99. The zero-order valence-electron chi connectivity index (χ0n) is 16.3. The SMILES string of the molecule is CC(=O)N1c2ccc(-c3cnn(C4CCN(C(=O)O)CC4)c3)cc2CCC1C. The maximum absolute atomic E-state index is 12.0. The lowest BCUT2D eigenvalue weighted by Crippen LogP contribution is -2.40. The standard InChI is InChI=1S/C21H26N4O3/c1-14-3-4-17-11-16(5-6-20(17)25(14)15(2)26)18-12-22-24(13-18)19-7-9-23(10-8-19)21(27)28/h5-6,11-14,19H,3-4,7-10H2,1-2H3,(H,27,28). The minimum atomic E-state index is -0.845. The van der Waals surface area contributed by atoms with Crippen molar-refractivity contribution in [3.63, 3.8) is 0 Å². The first kappa shape index (κ1) is 18.5. The molecule has 0 radical (unpaired) electrons. The number of piperidine rings is 1. The number of benzene rings is 1. The summed E-state index contributed by atoms with van der Waals surface area (Å²) in [6.07, 6.45) is 6.58. The Kier molecular flexibility index (Phi) is 4.83. The number of nitrogens with zero attached hydrogens (tertiary/aromatic N) is 4. The minimum absolute atomic E-state index is 0.0849. The summed E-state index contributed by atoms with van der Waals surface area (Å²) in [6.45, 7) is 4.82. The van der Waals surface area contributed by atoms with Gasteiger partial charge >= 0.3 is 6.09 Å². The van der Waals surface area contributed by atoms with Crippen molar-refractivity contribution in [1.29, 1.82) is 0 Å². The Labute approximate surface area is 164 Å². The number of rotatable bonds is 2. The lowest BCUT2D eigenvalue weighted by molar-refractivity contribution is -0.117. The van der Waals surface area contributed by atoms with E-state index < -0.39 is 6.09 Å². The largest absolute Gasteiger partial charge is 0.465 e. The summed E-state index contributed by atoms with van der Waals surface area (Å²) < 4.78 is 1.97. The summed E-state index contributed by atoms with van der Waals surface area (Å²) in [5, 5.41) is 13.6. The number of hydrogen-bond donors (Lipinski definition) is 1. The number of aromatic nitrogens is 2. The second-order valence-corrected chi connectivity index (χ2v) is 7.83. The molecule has 0 bridgehead atoms. The topological polar surface area (TPSA) is 78.7 Å². The number of anilines is 1. The Morgan fingerprint density at radius 2 is 1.89 bits per heavy atom. The Hall–Kier alpha value is -2.83. The maximum Gasteiger partial charge on any atom is 0.407 e. The molecule has 2 amide bonds. The molecule has 2 aliphatic heterocycles. The van der Waals surface area contributed by atoms with Crippen molar-refractivity contribution >= 4 is 17.7 Å². The van der Waals surface area contributed by atoms with E-state index in [9.17, 15) is 9.59 Å². The van der Waals surface area contributed by atoms with Crippen LogP contribution in [0.25, 0.3) is 11.1 Å². The monoisotopic (exact) mass is 382 g/mol. The number of hydrogen-bond acceptors (Lipinski definition) is 3. The fraction of sp³-hybridized carbons (Fsp3) is 0.476. The fourth-order valence-corrected chi connectivity index (χ4v) is 4.42. The average Bonchev–Trinajstić information content (AvgIpc) is 3.17. The molecule has 7 nitrogen and oxygen atoms in total. The zero-order valence-corrected chi connectivity index (χ0v) is 16.3. The van der Waals surface area contributed by atoms with Gasteiger partial charge in [0.1, 0.15) is 0 Å². The van der Waals surface area contributed by atoms with Crippen molar-refractivity contribution < 1.29 is 14.7 Å². The summed E-state index contributed by atoms with van der Waals surface area (Å²) in [5.74, 6) is 0.0849. The van der Waals surface area contributed by atoms with Crippen LogP contribution < -0.4 is 4.90 Å². The van der Waals surface area contributed by atoms with Crippen molar-refractivity contribution in [2.75, 3.05) is 18.0 Å². The van der Waals surface area contributed by atoms with E-state index in [0.717, 1.165) is 42.5 Å². The Bertz CT molecular complexity index is 899. The summed E-state index contributed by atoms with van der Waals surface area (Å²) in [4.78, 5) is 26.5. The molecule has 1 atom stereocenters. The number of carbonyl (C=O) groups is 2. The van der Waals surface area contributed by atoms with Gasteiger partial charge in [0.25, 0.3) is 0 Å². The molecule has 3 heterocycles.